The number of rotatable bonds is 21. The smallest absolute Gasteiger partial charge is 0.0125 e. The van der Waals surface area contributed by atoms with Crippen LogP contribution in [0, 0.1) is 0 Å². The summed E-state index contributed by atoms with van der Waals surface area (Å²) in [5.41, 5.74) is 0.339. The van der Waals surface area contributed by atoms with Crippen molar-refractivity contribution >= 4 is 0 Å². The van der Waals surface area contributed by atoms with Crippen molar-refractivity contribution in [2.75, 3.05) is 6.54 Å². The lowest BCUT2D eigenvalue weighted by Gasteiger charge is -2.26. The lowest BCUT2D eigenvalue weighted by Crippen LogP contribution is -2.39. The van der Waals surface area contributed by atoms with E-state index in [1.165, 1.54) is 129 Å². The fraction of sp³-hybridized carbons (Fsp3) is 1.00. The highest BCUT2D eigenvalue weighted by Crippen LogP contribution is 2.15. The fourth-order valence-corrected chi connectivity index (χ4v) is 3.81. The molecule has 0 rings (SSSR count). The standard InChI is InChI=1S/C25H53N/c1-5-7-9-10-11-12-13-14-15-16-17-18-19-20-21-22-24-26-25(3,4)23-8-6-2/h26H,5-24H2,1-4H3. The van der Waals surface area contributed by atoms with E-state index in [0.717, 1.165) is 0 Å². The van der Waals surface area contributed by atoms with E-state index in [9.17, 15) is 0 Å². The molecule has 0 atom stereocenters. The van der Waals surface area contributed by atoms with Gasteiger partial charge in [-0.2, -0.15) is 0 Å². The third-order valence-corrected chi connectivity index (χ3v) is 5.79. The predicted molar refractivity (Wildman–Crippen MR) is 121 cm³/mol. The molecular formula is C25H53N. The van der Waals surface area contributed by atoms with Gasteiger partial charge in [0.2, 0.25) is 0 Å². The molecule has 0 aromatic carbocycles. The molecule has 26 heavy (non-hydrogen) atoms. The van der Waals surface area contributed by atoms with Crippen LogP contribution in [0.15, 0.2) is 0 Å². The van der Waals surface area contributed by atoms with Crippen LogP contribution in [0.4, 0.5) is 0 Å². The van der Waals surface area contributed by atoms with Crippen LogP contribution in [0.5, 0.6) is 0 Å². The van der Waals surface area contributed by atoms with Crippen LogP contribution in [0.2, 0.25) is 0 Å². The molecule has 0 saturated carbocycles. The van der Waals surface area contributed by atoms with Crippen LogP contribution in [-0.2, 0) is 0 Å². The number of nitrogens with one attached hydrogen (secondary N) is 1. The van der Waals surface area contributed by atoms with Crippen molar-refractivity contribution in [1.82, 2.24) is 5.32 Å². The largest absolute Gasteiger partial charge is 0.312 e. The molecule has 0 radical (unpaired) electrons. The van der Waals surface area contributed by atoms with Crippen molar-refractivity contribution in [2.45, 2.75) is 155 Å². The predicted octanol–water partition coefficient (Wildman–Crippen LogP) is 8.81. The van der Waals surface area contributed by atoms with E-state index in [1.54, 1.807) is 0 Å². The fourth-order valence-electron chi connectivity index (χ4n) is 3.81. The van der Waals surface area contributed by atoms with Crippen LogP contribution in [0.3, 0.4) is 0 Å². The molecule has 1 nitrogen and oxygen atoms in total. The van der Waals surface area contributed by atoms with Gasteiger partial charge in [-0.3, -0.25) is 0 Å². The van der Waals surface area contributed by atoms with Crippen molar-refractivity contribution in [3.8, 4) is 0 Å². The van der Waals surface area contributed by atoms with Gasteiger partial charge in [0.15, 0.2) is 0 Å². The van der Waals surface area contributed by atoms with Crippen molar-refractivity contribution in [1.29, 1.82) is 0 Å². The maximum Gasteiger partial charge on any atom is 0.0125 e. The van der Waals surface area contributed by atoms with Gasteiger partial charge in [0.05, 0.1) is 0 Å². The summed E-state index contributed by atoms with van der Waals surface area (Å²) >= 11 is 0. The molecule has 0 aliphatic carbocycles. The van der Waals surface area contributed by atoms with Gasteiger partial charge >= 0.3 is 0 Å². The van der Waals surface area contributed by atoms with Gasteiger partial charge in [-0.25, -0.2) is 0 Å². The van der Waals surface area contributed by atoms with Gasteiger partial charge in [-0.1, -0.05) is 123 Å². The Morgan fingerprint density at radius 3 is 1.19 bits per heavy atom. The van der Waals surface area contributed by atoms with Crippen molar-refractivity contribution < 1.29 is 0 Å². The van der Waals surface area contributed by atoms with Crippen LogP contribution in [0.25, 0.3) is 0 Å². The SMILES string of the molecule is CCCCCCCCCCCCCCCCCCNC(C)(C)CCCC. The van der Waals surface area contributed by atoms with Gasteiger partial charge in [0, 0.05) is 5.54 Å². The first-order chi connectivity index (χ1) is 12.6. The van der Waals surface area contributed by atoms with Crippen LogP contribution in [-0.4, -0.2) is 12.1 Å². The van der Waals surface area contributed by atoms with Crippen molar-refractivity contribution in [3.63, 3.8) is 0 Å². The van der Waals surface area contributed by atoms with Crippen molar-refractivity contribution in [3.05, 3.63) is 0 Å². The topological polar surface area (TPSA) is 12.0 Å². The second-order valence-corrected chi connectivity index (χ2v) is 9.22. The van der Waals surface area contributed by atoms with E-state index < -0.39 is 0 Å². The summed E-state index contributed by atoms with van der Waals surface area (Å²) in [5, 5.41) is 3.74. The maximum absolute atomic E-state index is 3.74. The average Bonchev–Trinajstić information content (AvgIpc) is 2.62. The first kappa shape index (κ1) is 26.0. The number of unbranched alkanes of at least 4 members (excludes halogenated alkanes) is 16. The van der Waals surface area contributed by atoms with Crippen LogP contribution in [0.1, 0.15) is 150 Å². The van der Waals surface area contributed by atoms with Gasteiger partial charge in [-0.05, 0) is 33.2 Å². The highest BCUT2D eigenvalue weighted by atomic mass is 14.9. The van der Waals surface area contributed by atoms with Crippen LogP contribution >= 0.6 is 0 Å². The quantitative estimate of drug-likeness (QED) is 0.200. The molecule has 0 aliphatic heterocycles. The Bertz CT molecular complexity index is 259. The zero-order chi connectivity index (χ0) is 19.3. The Labute approximate surface area is 167 Å². The molecule has 0 saturated heterocycles. The van der Waals surface area contributed by atoms with E-state index in [-0.39, 0.29) is 0 Å². The normalized spacial score (nSPS) is 12.0. The van der Waals surface area contributed by atoms with Crippen LogP contribution < -0.4 is 5.32 Å². The highest BCUT2D eigenvalue weighted by Gasteiger charge is 2.14. The Balaban J connectivity index is 3.13. The summed E-state index contributed by atoms with van der Waals surface area (Å²) in [6.45, 7) is 10.5. The second-order valence-electron chi connectivity index (χ2n) is 9.22. The molecule has 0 aromatic rings. The third-order valence-electron chi connectivity index (χ3n) is 5.79. The Hall–Kier alpha value is -0.0400. The van der Waals surface area contributed by atoms with Crippen molar-refractivity contribution in [2.24, 2.45) is 0 Å². The minimum atomic E-state index is 0.339. The Morgan fingerprint density at radius 2 is 0.808 bits per heavy atom. The zero-order valence-corrected chi connectivity index (χ0v) is 19.1. The maximum atomic E-state index is 3.74. The summed E-state index contributed by atoms with van der Waals surface area (Å²) in [5.74, 6) is 0. The monoisotopic (exact) mass is 367 g/mol. The van der Waals surface area contributed by atoms with E-state index in [2.05, 4.69) is 33.0 Å². The molecule has 1 heteroatoms. The van der Waals surface area contributed by atoms with E-state index in [1.807, 2.05) is 0 Å². The second kappa shape index (κ2) is 19.7. The van der Waals surface area contributed by atoms with E-state index >= 15 is 0 Å². The summed E-state index contributed by atoms with van der Waals surface area (Å²) < 4.78 is 0. The molecule has 0 aromatic heterocycles. The molecule has 1 N–H and O–H groups in total. The molecule has 0 unspecified atom stereocenters. The molecular weight excluding hydrogens is 314 g/mol. The minimum Gasteiger partial charge on any atom is -0.312 e. The third kappa shape index (κ3) is 20.3. The van der Waals surface area contributed by atoms with E-state index in [4.69, 9.17) is 0 Å². The molecule has 158 valence electrons. The average molecular weight is 368 g/mol. The Morgan fingerprint density at radius 1 is 0.462 bits per heavy atom. The molecule has 0 amide bonds. The molecule has 0 aliphatic rings. The summed E-state index contributed by atoms with van der Waals surface area (Å²) in [7, 11) is 0. The number of hydrogen-bond donors (Lipinski definition) is 1. The first-order valence-corrected chi connectivity index (χ1v) is 12.4. The molecule has 0 fully saturated rings. The van der Waals surface area contributed by atoms with Gasteiger partial charge in [0.25, 0.3) is 0 Å². The zero-order valence-electron chi connectivity index (χ0n) is 19.1. The highest BCUT2D eigenvalue weighted by molar-refractivity contribution is 4.76. The molecule has 0 spiro atoms. The van der Waals surface area contributed by atoms with E-state index in [0.29, 0.717) is 5.54 Å². The molecule has 0 heterocycles. The summed E-state index contributed by atoms with van der Waals surface area (Å²) in [6.07, 6.45) is 27.2. The van der Waals surface area contributed by atoms with Gasteiger partial charge in [0.1, 0.15) is 0 Å². The van der Waals surface area contributed by atoms with Gasteiger partial charge in [-0.15, -0.1) is 0 Å². The summed E-state index contributed by atoms with van der Waals surface area (Å²) in [6, 6.07) is 0. The first-order valence-electron chi connectivity index (χ1n) is 12.4. The minimum absolute atomic E-state index is 0.339. The lowest BCUT2D eigenvalue weighted by molar-refractivity contribution is 0.347. The van der Waals surface area contributed by atoms with Gasteiger partial charge < -0.3 is 5.32 Å². The lowest BCUT2D eigenvalue weighted by atomic mass is 9.97. The summed E-state index contributed by atoms with van der Waals surface area (Å²) in [4.78, 5) is 0. The number of hydrogen-bond acceptors (Lipinski definition) is 1. The molecule has 0 bridgehead atoms. The Kier molecular flexibility index (Phi) is 19.7.